The van der Waals surface area contributed by atoms with Crippen molar-refractivity contribution < 1.29 is 22.7 Å². The quantitative estimate of drug-likeness (QED) is 0.501. The normalized spacial score (nSPS) is 10.9. The van der Waals surface area contributed by atoms with Gasteiger partial charge in [0.05, 0.1) is 12.1 Å². The SMILES string of the molecule is O=C(CC(c1ccccc1)c1ccccc1)NCC#CCOc1cccc(C(F)(F)F)c1. The number of carbonyl (C=O) groups is 1. The van der Waals surface area contributed by atoms with Crippen LogP contribution in [0.2, 0.25) is 0 Å². The number of carbonyl (C=O) groups excluding carboxylic acids is 1. The number of hydrogen-bond donors (Lipinski definition) is 1. The molecule has 0 heterocycles. The number of alkyl halides is 3. The van der Waals surface area contributed by atoms with Crippen molar-refractivity contribution in [2.45, 2.75) is 18.5 Å². The van der Waals surface area contributed by atoms with E-state index in [1.807, 2.05) is 60.7 Å². The molecule has 0 aliphatic rings. The first-order valence-corrected chi connectivity index (χ1v) is 10.1. The topological polar surface area (TPSA) is 38.3 Å². The van der Waals surface area contributed by atoms with Crippen molar-refractivity contribution in [3.63, 3.8) is 0 Å². The van der Waals surface area contributed by atoms with Crippen molar-refractivity contribution in [1.82, 2.24) is 5.32 Å². The Morgan fingerprint density at radius 1 is 0.875 bits per heavy atom. The van der Waals surface area contributed by atoms with Gasteiger partial charge in [-0.25, -0.2) is 0 Å². The van der Waals surface area contributed by atoms with E-state index >= 15 is 0 Å². The number of halogens is 3. The predicted octanol–water partition coefficient (Wildman–Crippen LogP) is 5.43. The fraction of sp³-hybridized carbons (Fsp3) is 0.192. The Bertz CT molecular complexity index is 1030. The summed E-state index contributed by atoms with van der Waals surface area (Å²) in [7, 11) is 0. The van der Waals surface area contributed by atoms with Crippen LogP contribution in [0.25, 0.3) is 0 Å². The number of ether oxygens (including phenoxy) is 1. The number of amides is 1. The van der Waals surface area contributed by atoms with Gasteiger partial charge in [0.2, 0.25) is 5.91 Å². The second kappa shape index (κ2) is 11.1. The van der Waals surface area contributed by atoms with E-state index in [9.17, 15) is 18.0 Å². The van der Waals surface area contributed by atoms with E-state index in [1.165, 1.54) is 12.1 Å². The molecule has 3 rings (SSSR count). The fourth-order valence-electron chi connectivity index (χ4n) is 3.19. The summed E-state index contributed by atoms with van der Waals surface area (Å²) in [6, 6.07) is 24.2. The molecule has 0 saturated carbocycles. The zero-order valence-corrected chi connectivity index (χ0v) is 17.2. The van der Waals surface area contributed by atoms with Crippen molar-refractivity contribution in [2.75, 3.05) is 13.2 Å². The molecule has 0 bridgehead atoms. The summed E-state index contributed by atoms with van der Waals surface area (Å²) < 4.78 is 43.4. The maximum absolute atomic E-state index is 12.7. The lowest BCUT2D eigenvalue weighted by molar-refractivity contribution is -0.137. The monoisotopic (exact) mass is 437 g/mol. The summed E-state index contributed by atoms with van der Waals surface area (Å²) in [6.07, 6.45) is -4.15. The molecule has 32 heavy (non-hydrogen) atoms. The van der Waals surface area contributed by atoms with Gasteiger partial charge in [-0.05, 0) is 29.3 Å². The minimum atomic E-state index is -4.42. The van der Waals surface area contributed by atoms with Crippen LogP contribution in [0.4, 0.5) is 13.2 Å². The van der Waals surface area contributed by atoms with Crippen LogP contribution in [0.15, 0.2) is 84.9 Å². The molecule has 0 spiro atoms. The third-order valence-electron chi connectivity index (χ3n) is 4.76. The lowest BCUT2D eigenvalue weighted by Crippen LogP contribution is -2.25. The fourth-order valence-corrected chi connectivity index (χ4v) is 3.19. The first kappa shape index (κ1) is 23.0. The van der Waals surface area contributed by atoms with Gasteiger partial charge in [-0.3, -0.25) is 4.79 Å². The van der Waals surface area contributed by atoms with Crippen molar-refractivity contribution >= 4 is 5.91 Å². The van der Waals surface area contributed by atoms with E-state index in [1.54, 1.807) is 0 Å². The van der Waals surface area contributed by atoms with Crippen LogP contribution in [-0.4, -0.2) is 19.1 Å². The van der Waals surface area contributed by atoms with Crippen LogP contribution in [0.5, 0.6) is 5.75 Å². The van der Waals surface area contributed by atoms with Crippen LogP contribution in [0.1, 0.15) is 29.0 Å². The first-order valence-electron chi connectivity index (χ1n) is 10.1. The van der Waals surface area contributed by atoms with Gasteiger partial charge in [-0.1, -0.05) is 78.6 Å². The minimum absolute atomic E-state index is 0.0744. The largest absolute Gasteiger partial charge is 0.481 e. The average molecular weight is 437 g/mol. The van der Waals surface area contributed by atoms with Crippen molar-refractivity contribution in [3.8, 4) is 17.6 Å². The van der Waals surface area contributed by atoms with Gasteiger partial charge >= 0.3 is 6.18 Å². The molecule has 0 atom stereocenters. The number of rotatable bonds is 7. The number of nitrogens with one attached hydrogen (secondary N) is 1. The molecule has 0 fully saturated rings. The van der Waals surface area contributed by atoms with Gasteiger partial charge in [0.1, 0.15) is 12.4 Å². The minimum Gasteiger partial charge on any atom is -0.481 e. The van der Waals surface area contributed by atoms with Crippen LogP contribution < -0.4 is 10.1 Å². The van der Waals surface area contributed by atoms with Gasteiger partial charge < -0.3 is 10.1 Å². The molecule has 6 heteroatoms. The lowest BCUT2D eigenvalue weighted by atomic mass is 9.88. The van der Waals surface area contributed by atoms with E-state index in [-0.39, 0.29) is 37.1 Å². The van der Waals surface area contributed by atoms with Gasteiger partial charge in [0.25, 0.3) is 0 Å². The Hall–Kier alpha value is -3.72. The summed E-state index contributed by atoms with van der Waals surface area (Å²) >= 11 is 0. The van der Waals surface area contributed by atoms with E-state index in [0.29, 0.717) is 0 Å². The number of benzene rings is 3. The van der Waals surface area contributed by atoms with Gasteiger partial charge in [-0.15, -0.1) is 0 Å². The van der Waals surface area contributed by atoms with Crippen LogP contribution in [0, 0.1) is 11.8 Å². The molecule has 3 aromatic rings. The van der Waals surface area contributed by atoms with Crippen molar-refractivity contribution in [1.29, 1.82) is 0 Å². The standard InChI is InChI=1S/C26H22F3NO2/c27-26(28,29)22-14-9-15-23(18-22)32-17-8-7-16-30-25(31)19-24(20-10-3-1-4-11-20)21-12-5-2-6-13-21/h1-6,9-15,18,24H,16-17,19H2,(H,30,31). The molecule has 3 nitrogen and oxygen atoms in total. The summed E-state index contributed by atoms with van der Waals surface area (Å²) in [4.78, 5) is 12.5. The predicted molar refractivity (Wildman–Crippen MR) is 117 cm³/mol. The molecule has 0 saturated heterocycles. The summed E-state index contributed by atoms with van der Waals surface area (Å²) in [6.45, 7) is 0.0505. The maximum atomic E-state index is 12.7. The molecule has 0 aromatic heterocycles. The average Bonchev–Trinajstić information content (AvgIpc) is 2.80. The molecular weight excluding hydrogens is 415 g/mol. The lowest BCUT2D eigenvalue weighted by Gasteiger charge is -2.17. The summed E-state index contributed by atoms with van der Waals surface area (Å²) in [5.41, 5.74) is 1.32. The second-order valence-electron chi connectivity index (χ2n) is 7.02. The number of hydrogen-bond acceptors (Lipinski definition) is 2. The molecule has 0 aliphatic heterocycles. The van der Waals surface area contributed by atoms with Crippen molar-refractivity contribution in [3.05, 3.63) is 102 Å². The molecule has 0 unspecified atom stereocenters. The molecular formula is C26H22F3NO2. The maximum Gasteiger partial charge on any atom is 0.416 e. The van der Waals surface area contributed by atoms with Crippen LogP contribution in [0.3, 0.4) is 0 Å². The first-order chi connectivity index (χ1) is 15.4. The van der Waals surface area contributed by atoms with E-state index in [0.717, 1.165) is 23.3 Å². The third-order valence-corrected chi connectivity index (χ3v) is 4.76. The zero-order valence-electron chi connectivity index (χ0n) is 17.2. The van der Waals surface area contributed by atoms with Gasteiger partial charge in [0.15, 0.2) is 0 Å². The Balaban J connectivity index is 1.50. The summed E-state index contributed by atoms with van der Waals surface area (Å²) in [5, 5.41) is 2.76. The highest BCUT2D eigenvalue weighted by atomic mass is 19.4. The van der Waals surface area contributed by atoms with E-state index in [4.69, 9.17) is 4.74 Å². The van der Waals surface area contributed by atoms with Crippen LogP contribution in [-0.2, 0) is 11.0 Å². The second-order valence-corrected chi connectivity index (χ2v) is 7.02. The molecule has 164 valence electrons. The molecule has 0 radical (unpaired) electrons. The Kier molecular flexibility index (Phi) is 7.93. The Morgan fingerprint density at radius 3 is 2.09 bits per heavy atom. The van der Waals surface area contributed by atoms with E-state index < -0.39 is 11.7 Å². The van der Waals surface area contributed by atoms with E-state index in [2.05, 4.69) is 17.2 Å². The highest BCUT2D eigenvalue weighted by Crippen LogP contribution is 2.31. The Labute approximate surface area is 185 Å². The Morgan fingerprint density at radius 2 is 1.50 bits per heavy atom. The summed E-state index contributed by atoms with van der Waals surface area (Å²) in [5.74, 6) is 5.32. The smallest absolute Gasteiger partial charge is 0.416 e. The molecule has 3 aromatic carbocycles. The van der Waals surface area contributed by atoms with Gasteiger partial charge in [-0.2, -0.15) is 13.2 Å². The molecule has 1 amide bonds. The highest BCUT2D eigenvalue weighted by molar-refractivity contribution is 5.77. The van der Waals surface area contributed by atoms with Crippen LogP contribution >= 0.6 is 0 Å². The highest BCUT2D eigenvalue weighted by Gasteiger charge is 2.30. The third kappa shape index (κ3) is 6.92. The zero-order chi connectivity index (χ0) is 22.8. The van der Waals surface area contributed by atoms with Crippen molar-refractivity contribution in [2.24, 2.45) is 0 Å². The molecule has 1 N–H and O–H groups in total. The molecule has 0 aliphatic carbocycles. The van der Waals surface area contributed by atoms with Gasteiger partial charge in [0, 0.05) is 12.3 Å².